The van der Waals surface area contributed by atoms with Crippen LogP contribution in [0.2, 0.25) is 5.02 Å². The second kappa shape index (κ2) is 12.3. The molecular weight excluding hydrogens is 505 g/mol. The summed E-state index contributed by atoms with van der Waals surface area (Å²) in [5.41, 5.74) is 0.844. The van der Waals surface area contributed by atoms with Crippen molar-refractivity contribution in [2.45, 2.75) is 26.7 Å². The van der Waals surface area contributed by atoms with E-state index in [2.05, 4.69) is 27.3 Å². The topological polar surface area (TPSA) is 75.8 Å². The van der Waals surface area contributed by atoms with Gasteiger partial charge >= 0.3 is 0 Å². The van der Waals surface area contributed by atoms with E-state index in [0.717, 1.165) is 50.8 Å². The third kappa shape index (κ3) is 7.11. The summed E-state index contributed by atoms with van der Waals surface area (Å²) in [4.78, 5) is 11.5. The third-order valence-corrected chi connectivity index (χ3v) is 4.85. The summed E-state index contributed by atoms with van der Waals surface area (Å²) in [5.74, 6) is 2.63. The Morgan fingerprint density at radius 2 is 2.28 bits per heavy atom. The lowest BCUT2D eigenvalue weighted by molar-refractivity contribution is 0.114. The highest BCUT2D eigenvalue weighted by Gasteiger charge is 2.24. The van der Waals surface area contributed by atoms with Gasteiger partial charge in [-0.1, -0.05) is 28.9 Å². The summed E-state index contributed by atoms with van der Waals surface area (Å²) >= 11 is 6.03. The Balaban J connectivity index is 0.00000300. The summed E-state index contributed by atoms with van der Waals surface area (Å²) in [6.07, 6.45) is 1.73. The number of aromatic nitrogens is 2. The van der Waals surface area contributed by atoms with Gasteiger partial charge in [-0.3, -0.25) is 4.99 Å². The normalized spacial score (nSPS) is 16.7. The van der Waals surface area contributed by atoms with E-state index in [1.807, 2.05) is 31.2 Å². The number of aliphatic imine (C=N–C) groups is 1. The van der Waals surface area contributed by atoms with Crippen molar-refractivity contribution in [3.8, 4) is 11.4 Å². The molecule has 1 aliphatic rings. The van der Waals surface area contributed by atoms with Gasteiger partial charge in [-0.2, -0.15) is 4.98 Å². The maximum absolute atomic E-state index is 6.03. The number of guanidine groups is 1. The SMILES string of the molecule is CCNC(=NCCc1nc(-c2cccc(Cl)c2)no1)N1CCC(COCC)C1.I. The molecule has 1 aromatic heterocycles. The molecule has 29 heavy (non-hydrogen) atoms. The molecule has 0 bridgehead atoms. The molecule has 160 valence electrons. The number of nitrogens with zero attached hydrogens (tertiary/aromatic N) is 4. The highest BCUT2D eigenvalue weighted by molar-refractivity contribution is 14.0. The Morgan fingerprint density at radius 1 is 1.41 bits per heavy atom. The van der Waals surface area contributed by atoms with Crippen LogP contribution in [0.5, 0.6) is 0 Å². The number of ether oxygens (including phenoxy) is 1. The first kappa shape index (κ1) is 23.9. The van der Waals surface area contributed by atoms with Gasteiger partial charge in [0.1, 0.15) is 0 Å². The molecule has 1 aliphatic heterocycles. The number of benzene rings is 1. The average Bonchev–Trinajstić information content (AvgIpc) is 3.35. The maximum Gasteiger partial charge on any atom is 0.228 e. The van der Waals surface area contributed by atoms with Crippen LogP contribution in [0.4, 0.5) is 0 Å². The fourth-order valence-electron chi connectivity index (χ4n) is 3.23. The van der Waals surface area contributed by atoms with E-state index in [1.54, 1.807) is 0 Å². The van der Waals surface area contributed by atoms with Gasteiger partial charge in [0, 0.05) is 49.2 Å². The Hall–Kier alpha value is -1.39. The van der Waals surface area contributed by atoms with Crippen LogP contribution in [0.25, 0.3) is 11.4 Å². The monoisotopic (exact) mass is 533 g/mol. The van der Waals surface area contributed by atoms with Crippen molar-refractivity contribution in [1.82, 2.24) is 20.4 Å². The zero-order valence-electron chi connectivity index (χ0n) is 16.9. The fraction of sp³-hybridized carbons (Fsp3) is 0.550. The second-order valence-electron chi connectivity index (χ2n) is 6.77. The molecule has 0 amide bonds. The number of halogens is 2. The second-order valence-corrected chi connectivity index (χ2v) is 7.20. The van der Waals surface area contributed by atoms with Gasteiger partial charge in [-0.15, -0.1) is 24.0 Å². The predicted molar refractivity (Wildman–Crippen MR) is 126 cm³/mol. The van der Waals surface area contributed by atoms with Gasteiger partial charge in [0.05, 0.1) is 13.2 Å². The molecule has 0 saturated carbocycles. The average molecular weight is 534 g/mol. The zero-order valence-corrected chi connectivity index (χ0v) is 20.0. The van der Waals surface area contributed by atoms with Gasteiger partial charge in [0.15, 0.2) is 5.96 Å². The van der Waals surface area contributed by atoms with Crippen molar-refractivity contribution in [2.24, 2.45) is 10.9 Å². The lowest BCUT2D eigenvalue weighted by Crippen LogP contribution is -2.40. The highest BCUT2D eigenvalue weighted by atomic mass is 127. The molecule has 0 radical (unpaired) electrons. The van der Waals surface area contributed by atoms with Crippen LogP contribution in [-0.2, 0) is 11.2 Å². The molecular formula is C20H29ClIN5O2. The molecule has 0 spiro atoms. The highest BCUT2D eigenvalue weighted by Crippen LogP contribution is 2.20. The van der Waals surface area contributed by atoms with Gasteiger partial charge in [0.25, 0.3) is 0 Å². The van der Waals surface area contributed by atoms with Gasteiger partial charge in [-0.05, 0) is 32.4 Å². The van der Waals surface area contributed by atoms with Crippen LogP contribution in [0.1, 0.15) is 26.2 Å². The van der Waals surface area contributed by atoms with E-state index < -0.39 is 0 Å². The predicted octanol–water partition coefficient (Wildman–Crippen LogP) is 3.87. The van der Waals surface area contributed by atoms with E-state index in [9.17, 15) is 0 Å². The minimum atomic E-state index is 0. The van der Waals surface area contributed by atoms with E-state index in [-0.39, 0.29) is 24.0 Å². The van der Waals surface area contributed by atoms with E-state index >= 15 is 0 Å². The van der Waals surface area contributed by atoms with Crippen LogP contribution >= 0.6 is 35.6 Å². The van der Waals surface area contributed by atoms with E-state index in [1.165, 1.54) is 0 Å². The van der Waals surface area contributed by atoms with Crippen LogP contribution in [-0.4, -0.2) is 60.4 Å². The third-order valence-electron chi connectivity index (χ3n) is 4.62. The first-order chi connectivity index (χ1) is 13.7. The molecule has 1 N–H and O–H groups in total. The van der Waals surface area contributed by atoms with Crippen molar-refractivity contribution in [1.29, 1.82) is 0 Å². The fourth-order valence-corrected chi connectivity index (χ4v) is 3.42. The first-order valence-electron chi connectivity index (χ1n) is 9.89. The standard InChI is InChI=1S/C20H28ClN5O2.HI/c1-3-22-20(26-11-9-15(13-26)14-27-4-2)23-10-8-18-24-19(25-28-18)16-6-5-7-17(21)12-16;/h5-7,12,15H,3-4,8-11,13-14H2,1-2H3,(H,22,23);1H. The lowest BCUT2D eigenvalue weighted by atomic mass is 10.1. The maximum atomic E-state index is 6.03. The lowest BCUT2D eigenvalue weighted by Gasteiger charge is -2.21. The van der Waals surface area contributed by atoms with Crippen molar-refractivity contribution in [3.05, 3.63) is 35.2 Å². The van der Waals surface area contributed by atoms with Crippen molar-refractivity contribution >= 4 is 41.5 Å². The minimum Gasteiger partial charge on any atom is -0.381 e. The van der Waals surface area contributed by atoms with E-state index in [0.29, 0.717) is 35.6 Å². The largest absolute Gasteiger partial charge is 0.381 e. The van der Waals surface area contributed by atoms with Gasteiger partial charge in [0.2, 0.25) is 11.7 Å². The smallest absolute Gasteiger partial charge is 0.228 e. The minimum absolute atomic E-state index is 0. The summed E-state index contributed by atoms with van der Waals surface area (Å²) < 4.78 is 10.9. The summed E-state index contributed by atoms with van der Waals surface area (Å²) in [7, 11) is 0. The first-order valence-corrected chi connectivity index (χ1v) is 10.3. The van der Waals surface area contributed by atoms with Crippen LogP contribution in [0, 0.1) is 5.92 Å². The van der Waals surface area contributed by atoms with Crippen molar-refractivity contribution in [3.63, 3.8) is 0 Å². The van der Waals surface area contributed by atoms with Gasteiger partial charge < -0.3 is 19.5 Å². The molecule has 1 aromatic carbocycles. The number of rotatable bonds is 8. The molecule has 0 aliphatic carbocycles. The quantitative estimate of drug-likeness (QED) is 0.315. The molecule has 9 heteroatoms. The van der Waals surface area contributed by atoms with Crippen LogP contribution < -0.4 is 5.32 Å². The van der Waals surface area contributed by atoms with Crippen molar-refractivity contribution in [2.75, 3.05) is 39.4 Å². The summed E-state index contributed by atoms with van der Waals surface area (Å²) in [5, 5.41) is 8.07. The molecule has 1 atom stereocenters. The molecule has 7 nitrogen and oxygen atoms in total. The number of hydrogen-bond acceptors (Lipinski definition) is 5. The van der Waals surface area contributed by atoms with E-state index in [4.69, 9.17) is 25.9 Å². The Bertz CT molecular complexity index is 786. The Morgan fingerprint density at radius 3 is 3.03 bits per heavy atom. The number of likely N-dealkylation sites (tertiary alicyclic amines) is 1. The molecule has 2 aromatic rings. The zero-order chi connectivity index (χ0) is 19.8. The molecule has 2 heterocycles. The Labute approximate surface area is 194 Å². The summed E-state index contributed by atoms with van der Waals surface area (Å²) in [6.45, 7) is 9.12. The van der Waals surface area contributed by atoms with Crippen molar-refractivity contribution < 1.29 is 9.26 Å². The molecule has 3 rings (SSSR count). The van der Waals surface area contributed by atoms with Gasteiger partial charge in [-0.25, -0.2) is 0 Å². The van der Waals surface area contributed by atoms with Crippen LogP contribution in [0.15, 0.2) is 33.8 Å². The summed E-state index contributed by atoms with van der Waals surface area (Å²) in [6, 6.07) is 7.42. The molecule has 1 saturated heterocycles. The Kier molecular flexibility index (Phi) is 10.2. The molecule has 1 unspecified atom stereocenters. The van der Waals surface area contributed by atoms with Crippen LogP contribution in [0.3, 0.4) is 0 Å². The number of hydrogen-bond donors (Lipinski definition) is 1. The molecule has 1 fully saturated rings. The number of nitrogens with one attached hydrogen (secondary N) is 1.